The number of rotatable bonds is 7. The minimum Gasteiger partial charge on any atom is -0.452 e. The summed E-state index contributed by atoms with van der Waals surface area (Å²) in [6.07, 6.45) is 0. The highest BCUT2D eigenvalue weighted by molar-refractivity contribution is 7.89. The van der Waals surface area contributed by atoms with Gasteiger partial charge in [0.15, 0.2) is 6.61 Å². The van der Waals surface area contributed by atoms with Crippen LogP contribution < -0.4 is 4.72 Å². The minimum atomic E-state index is -3.62. The van der Waals surface area contributed by atoms with Gasteiger partial charge >= 0.3 is 5.97 Å². The molecule has 0 saturated carbocycles. The maximum absolute atomic E-state index is 13.8. The number of amides is 1. The van der Waals surface area contributed by atoms with Crippen molar-refractivity contribution in [1.82, 2.24) is 9.62 Å². The average Bonchev–Trinajstić information content (AvgIpc) is 2.68. The Bertz CT molecular complexity index is 960. The fourth-order valence-electron chi connectivity index (χ4n) is 2.22. The monoisotopic (exact) mass is 428 g/mol. The molecular formula is C18H18ClFN2O5S. The number of sulfonamides is 1. The Labute approximate surface area is 167 Å². The zero-order valence-corrected chi connectivity index (χ0v) is 16.7. The lowest BCUT2D eigenvalue weighted by Crippen LogP contribution is -2.31. The third-order valence-corrected chi connectivity index (χ3v) is 5.66. The van der Waals surface area contributed by atoms with Crippen LogP contribution in [0, 0.1) is 5.82 Å². The van der Waals surface area contributed by atoms with Gasteiger partial charge < -0.3 is 9.64 Å². The standard InChI is InChI=1S/C18H18ClFN2O5S/c1-21-28(25,26)13-8-6-12(7-9-13)18(24)27-11-17(23)22(2)10-14-15(19)4-3-5-16(14)20/h3-9,21H,10-11H2,1-2H3. The molecule has 0 fully saturated rings. The third-order valence-electron chi connectivity index (χ3n) is 3.88. The van der Waals surface area contributed by atoms with Crippen molar-refractivity contribution >= 4 is 33.5 Å². The van der Waals surface area contributed by atoms with Gasteiger partial charge in [-0.15, -0.1) is 0 Å². The average molecular weight is 429 g/mol. The van der Waals surface area contributed by atoms with Crippen molar-refractivity contribution < 1.29 is 27.1 Å². The maximum atomic E-state index is 13.8. The van der Waals surface area contributed by atoms with Gasteiger partial charge in [-0.05, 0) is 43.4 Å². The van der Waals surface area contributed by atoms with E-state index >= 15 is 0 Å². The maximum Gasteiger partial charge on any atom is 0.338 e. The van der Waals surface area contributed by atoms with Gasteiger partial charge in [0.2, 0.25) is 10.0 Å². The molecule has 0 aromatic heterocycles. The van der Waals surface area contributed by atoms with Gasteiger partial charge in [-0.1, -0.05) is 17.7 Å². The summed E-state index contributed by atoms with van der Waals surface area (Å²) in [5.41, 5.74) is 0.246. The van der Waals surface area contributed by atoms with Crippen LogP contribution in [-0.4, -0.2) is 45.9 Å². The molecule has 0 heterocycles. The summed E-state index contributed by atoms with van der Waals surface area (Å²) in [7, 11) is -0.920. The quantitative estimate of drug-likeness (QED) is 0.682. The molecule has 0 aliphatic rings. The van der Waals surface area contributed by atoms with Gasteiger partial charge in [-0.3, -0.25) is 4.79 Å². The summed E-state index contributed by atoms with van der Waals surface area (Å²) in [5.74, 6) is -1.89. The van der Waals surface area contributed by atoms with Crippen molar-refractivity contribution in [3.8, 4) is 0 Å². The predicted molar refractivity (Wildman–Crippen MR) is 101 cm³/mol. The molecule has 10 heteroatoms. The number of benzene rings is 2. The molecule has 1 amide bonds. The van der Waals surface area contributed by atoms with E-state index in [0.29, 0.717) is 0 Å². The number of nitrogens with one attached hydrogen (secondary N) is 1. The third kappa shape index (κ3) is 5.28. The van der Waals surface area contributed by atoms with Crippen LogP contribution in [0.25, 0.3) is 0 Å². The Morgan fingerprint density at radius 3 is 2.39 bits per heavy atom. The van der Waals surface area contributed by atoms with Gasteiger partial charge in [-0.25, -0.2) is 22.3 Å². The molecule has 0 saturated heterocycles. The van der Waals surface area contributed by atoms with Crippen molar-refractivity contribution in [2.45, 2.75) is 11.4 Å². The molecule has 0 radical (unpaired) electrons. The lowest BCUT2D eigenvalue weighted by molar-refractivity contribution is -0.133. The van der Waals surface area contributed by atoms with Crippen LogP contribution in [0.3, 0.4) is 0 Å². The molecule has 150 valence electrons. The fraction of sp³-hybridized carbons (Fsp3) is 0.222. The first-order chi connectivity index (χ1) is 13.2. The molecule has 28 heavy (non-hydrogen) atoms. The van der Waals surface area contributed by atoms with Crippen molar-refractivity contribution in [1.29, 1.82) is 0 Å². The van der Waals surface area contributed by atoms with Crippen LogP contribution in [0.2, 0.25) is 5.02 Å². The Kier molecular flexibility index (Phi) is 7.11. The van der Waals surface area contributed by atoms with Gasteiger partial charge in [0.25, 0.3) is 5.91 Å². The summed E-state index contributed by atoms with van der Waals surface area (Å²) < 4.78 is 44.2. The van der Waals surface area contributed by atoms with E-state index in [9.17, 15) is 22.4 Å². The molecule has 0 spiro atoms. The molecule has 0 aliphatic carbocycles. The number of esters is 1. The Hall–Kier alpha value is -2.49. The van der Waals surface area contributed by atoms with Crippen LogP contribution >= 0.6 is 11.6 Å². The highest BCUT2D eigenvalue weighted by atomic mass is 35.5. The second-order valence-corrected chi connectivity index (χ2v) is 8.05. The SMILES string of the molecule is CNS(=O)(=O)c1ccc(C(=O)OCC(=O)N(C)Cc2c(F)cccc2Cl)cc1. The van der Waals surface area contributed by atoms with Crippen LogP contribution in [0.15, 0.2) is 47.4 Å². The Balaban J connectivity index is 1.95. The van der Waals surface area contributed by atoms with E-state index in [2.05, 4.69) is 4.72 Å². The van der Waals surface area contributed by atoms with Crippen LogP contribution in [0.4, 0.5) is 4.39 Å². The van der Waals surface area contributed by atoms with Gasteiger partial charge in [0.05, 0.1) is 10.5 Å². The second kappa shape index (κ2) is 9.13. The van der Waals surface area contributed by atoms with Gasteiger partial charge in [0, 0.05) is 24.2 Å². The molecule has 2 rings (SSSR count). The zero-order chi connectivity index (χ0) is 20.9. The number of nitrogens with zero attached hydrogens (tertiary/aromatic N) is 1. The number of carbonyl (C=O) groups excluding carboxylic acids is 2. The van der Waals surface area contributed by atoms with E-state index in [4.69, 9.17) is 16.3 Å². The summed E-state index contributed by atoms with van der Waals surface area (Å²) in [5, 5.41) is 0.188. The lowest BCUT2D eigenvalue weighted by Gasteiger charge is -2.18. The van der Waals surface area contributed by atoms with E-state index in [1.807, 2.05) is 0 Å². The zero-order valence-electron chi connectivity index (χ0n) is 15.1. The van der Waals surface area contributed by atoms with Crippen molar-refractivity contribution in [3.63, 3.8) is 0 Å². The fourth-order valence-corrected chi connectivity index (χ4v) is 3.17. The largest absolute Gasteiger partial charge is 0.452 e. The predicted octanol–water partition coefficient (Wildman–Crippen LogP) is 2.20. The molecular weight excluding hydrogens is 411 g/mol. The first kappa shape index (κ1) is 21.8. The first-order valence-corrected chi connectivity index (χ1v) is 9.89. The lowest BCUT2D eigenvalue weighted by atomic mass is 10.2. The molecule has 0 aliphatic heterocycles. The van der Waals surface area contributed by atoms with Crippen molar-refractivity contribution in [3.05, 3.63) is 64.4 Å². The summed E-state index contributed by atoms with van der Waals surface area (Å²) >= 11 is 5.93. The summed E-state index contributed by atoms with van der Waals surface area (Å²) in [6, 6.07) is 9.25. The highest BCUT2D eigenvalue weighted by Gasteiger charge is 2.17. The molecule has 2 aromatic rings. The number of hydrogen-bond acceptors (Lipinski definition) is 5. The molecule has 0 atom stereocenters. The van der Waals surface area contributed by atoms with E-state index in [-0.39, 0.29) is 27.6 Å². The molecule has 0 bridgehead atoms. The number of ether oxygens (including phenoxy) is 1. The minimum absolute atomic E-state index is 0.0101. The summed E-state index contributed by atoms with van der Waals surface area (Å²) in [4.78, 5) is 25.3. The van der Waals surface area contributed by atoms with Crippen LogP contribution in [0.5, 0.6) is 0 Å². The van der Waals surface area contributed by atoms with E-state index in [1.54, 1.807) is 0 Å². The van der Waals surface area contributed by atoms with Crippen molar-refractivity contribution in [2.75, 3.05) is 20.7 Å². The summed E-state index contributed by atoms with van der Waals surface area (Å²) in [6.45, 7) is -0.642. The number of likely N-dealkylation sites (N-methyl/N-ethyl adjacent to an activating group) is 1. The normalized spacial score (nSPS) is 11.1. The van der Waals surface area contributed by atoms with E-state index in [1.165, 1.54) is 61.5 Å². The van der Waals surface area contributed by atoms with E-state index in [0.717, 1.165) is 0 Å². The van der Waals surface area contributed by atoms with Crippen LogP contribution in [0.1, 0.15) is 15.9 Å². The molecule has 1 N–H and O–H groups in total. The van der Waals surface area contributed by atoms with Gasteiger partial charge in [0.1, 0.15) is 5.82 Å². The molecule has 2 aromatic carbocycles. The van der Waals surface area contributed by atoms with Crippen LogP contribution in [-0.2, 0) is 26.1 Å². The van der Waals surface area contributed by atoms with Crippen molar-refractivity contribution in [2.24, 2.45) is 0 Å². The van der Waals surface area contributed by atoms with Gasteiger partial charge in [-0.2, -0.15) is 0 Å². The molecule has 0 unspecified atom stereocenters. The number of halogens is 2. The Morgan fingerprint density at radius 1 is 1.18 bits per heavy atom. The smallest absolute Gasteiger partial charge is 0.338 e. The highest BCUT2D eigenvalue weighted by Crippen LogP contribution is 2.20. The number of carbonyl (C=O) groups is 2. The first-order valence-electron chi connectivity index (χ1n) is 8.03. The Morgan fingerprint density at radius 2 is 1.82 bits per heavy atom. The second-order valence-electron chi connectivity index (χ2n) is 5.76. The molecule has 7 nitrogen and oxygen atoms in total. The topological polar surface area (TPSA) is 92.8 Å². The number of hydrogen-bond donors (Lipinski definition) is 1. The van der Waals surface area contributed by atoms with E-state index < -0.39 is 34.3 Å².